The van der Waals surface area contributed by atoms with E-state index < -0.39 is 28.3 Å². The van der Waals surface area contributed by atoms with Crippen LogP contribution < -0.4 is 4.72 Å². The van der Waals surface area contributed by atoms with Crippen LogP contribution in [0.1, 0.15) is 18.4 Å². The normalized spacial score (nSPS) is 11.2. The molecule has 1 rings (SSSR count). The monoisotopic (exact) mass is 285 g/mol. The number of sulfonamides is 1. The van der Waals surface area contributed by atoms with Crippen LogP contribution in [0, 0.1) is 6.92 Å². The predicted molar refractivity (Wildman–Crippen MR) is 68.2 cm³/mol. The second kappa shape index (κ2) is 6.44. The van der Waals surface area contributed by atoms with E-state index in [2.05, 4.69) is 4.72 Å². The van der Waals surface area contributed by atoms with E-state index in [1.165, 1.54) is 12.1 Å². The van der Waals surface area contributed by atoms with Crippen LogP contribution in [0.15, 0.2) is 29.2 Å². The van der Waals surface area contributed by atoms with Crippen molar-refractivity contribution in [1.29, 1.82) is 0 Å². The molecular weight excluding hydrogens is 270 g/mol. The van der Waals surface area contributed by atoms with Crippen molar-refractivity contribution in [3.63, 3.8) is 0 Å². The molecule has 0 radical (unpaired) electrons. The number of carbonyl (C=O) groups excluding carboxylic acids is 1. The molecule has 0 amide bonds. The van der Waals surface area contributed by atoms with Gasteiger partial charge in [-0.15, -0.1) is 0 Å². The number of rotatable bonds is 7. The number of carboxylic acids is 1. The van der Waals surface area contributed by atoms with Gasteiger partial charge in [-0.2, -0.15) is 0 Å². The van der Waals surface area contributed by atoms with Gasteiger partial charge in [0.15, 0.2) is 0 Å². The number of carboxylic acid groups (broad SMARTS) is 1. The van der Waals surface area contributed by atoms with Gasteiger partial charge in [-0.25, -0.2) is 13.1 Å². The Morgan fingerprint density at radius 3 is 2.26 bits per heavy atom. The summed E-state index contributed by atoms with van der Waals surface area (Å²) in [5.74, 6) is -1.55. The lowest BCUT2D eigenvalue weighted by Gasteiger charge is -2.06. The fourth-order valence-corrected chi connectivity index (χ4v) is 2.32. The molecule has 0 saturated carbocycles. The zero-order valence-corrected chi connectivity index (χ0v) is 11.2. The number of nitrogens with one attached hydrogen (secondary N) is 1. The summed E-state index contributed by atoms with van der Waals surface area (Å²) in [5.41, 5.74) is 0.927. The highest BCUT2D eigenvalue weighted by atomic mass is 32.2. The van der Waals surface area contributed by atoms with Gasteiger partial charge in [0.25, 0.3) is 0 Å². The molecule has 0 aliphatic rings. The summed E-state index contributed by atoms with van der Waals surface area (Å²) >= 11 is 0. The second-order valence-electron chi connectivity index (χ2n) is 4.07. The molecule has 6 nitrogen and oxygen atoms in total. The van der Waals surface area contributed by atoms with E-state index in [0.29, 0.717) is 0 Å². The maximum atomic E-state index is 11.8. The van der Waals surface area contributed by atoms with Gasteiger partial charge < -0.3 is 5.11 Å². The SMILES string of the molecule is Cc1ccc(S(=O)(=O)NCC(=O)CCC(=O)O)cc1. The summed E-state index contributed by atoms with van der Waals surface area (Å²) in [6, 6.07) is 6.19. The standard InChI is InChI=1S/C12H15NO5S/c1-9-2-5-11(6-3-9)19(17,18)13-8-10(14)4-7-12(15)16/h2-3,5-6,13H,4,7-8H2,1H3,(H,15,16). The highest BCUT2D eigenvalue weighted by Gasteiger charge is 2.15. The van der Waals surface area contributed by atoms with E-state index in [4.69, 9.17) is 5.11 Å². The van der Waals surface area contributed by atoms with E-state index in [-0.39, 0.29) is 17.7 Å². The maximum absolute atomic E-state index is 11.8. The van der Waals surface area contributed by atoms with Crippen LogP contribution in [0.4, 0.5) is 0 Å². The van der Waals surface area contributed by atoms with Crippen LogP contribution >= 0.6 is 0 Å². The van der Waals surface area contributed by atoms with Crippen LogP contribution in [-0.2, 0) is 19.6 Å². The van der Waals surface area contributed by atoms with Gasteiger partial charge in [-0.05, 0) is 19.1 Å². The molecular formula is C12H15NO5S. The van der Waals surface area contributed by atoms with Crippen molar-refractivity contribution >= 4 is 21.8 Å². The number of benzene rings is 1. The van der Waals surface area contributed by atoms with Gasteiger partial charge in [-0.3, -0.25) is 9.59 Å². The van der Waals surface area contributed by atoms with Crippen molar-refractivity contribution in [3.8, 4) is 0 Å². The van der Waals surface area contributed by atoms with E-state index in [1.54, 1.807) is 12.1 Å². The molecule has 0 heterocycles. The number of carbonyl (C=O) groups is 2. The van der Waals surface area contributed by atoms with Crippen molar-refractivity contribution in [2.24, 2.45) is 0 Å². The van der Waals surface area contributed by atoms with Gasteiger partial charge in [0.2, 0.25) is 10.0 Å². The highest BCUT2D eigenvalue weighted by Crippen LogP contribution is 2.09. The quantitative estimate of drug-likeness (QED) is 0.768. The van der Waals surface area contributed by atoms with Gasteiger partial charge in [0.1, 0.15) is 5.78 Å². The van der Waals surface area contributed by atoms with Crippen molar-refractivity contribution in [2.45, 2.75) is 24.7 Å². The Labute approximate surface area is 111 Å². The molecule has 0 aliphatic carbocycles. The van der Waals surface area contributed by atoms with E-state index in [1.807, 2.05) is 6.92 Å². The fourth-order valence-electron chi connectivity index (χ4n) is 1.31. The van der Waals surface area contributed by atoms with Crippen LogP contribution in [0.3, 0.4) is 0 Å². The molecule has 7 heteroatoms. The third-order valence-electron chi connectivity index (χ3n) is 2.41. The molecule has 19 heavy (non-hydrogen) atoms. The maximum Gasteiger partial charge on any atom is 0.303 e. The Morgan fingerprint density at radius 2 is 1.74 bits per heavy atom. The Balaban J connectivity index is 2.58. The molecule has 0 saturated heterocycles. The lowest BCUT2D eigenvalue weighted by atomic mass is 10.2. The summed E-state index contributed by atoms with van der Waals surface area (Å²) in [7, 11) is -3.73. The summed E-state index contributed by atoms with van der Waals surface area (Å²) in [4.78, 5) is 21.6. The molecule has 0 atom stereocenters. The minimum atomic E-state index is -3.73. The Morgan fingerprint density at radius 1 is 1.16 bits per heavy atom. The minimum absolute atomic E-state index is 0.0733. The van der Waals surface area contributed by atoms with Crippen LogP contribution in [0.2, 0.25) is 0 Å². The van der Waals surface area contributed by atoms with Crippen molar-refractivity contribution in [2.75, 3.05) is 6.54 Å². The molecule has 1 aromatic rings. The molecule has 0 aromatic heterocycles. The van der Waals surface area contributed by atoms with Crippen LogP contribution in [0.25, 0.3) is 0 Å². The summed E-state index contributed by atoms with van der Waals surface area (Å²) in [5, 5.41) is 8.40. The number of aliphatic carboxylic acids is 1. The average molecular weight is 285 g/mol. The Bertz CT molecular complexity index is 562. The highest BCUT2D eigenvalue weighted by molar-refractivity contribution is 7.89. The van der Waals surface area contributed by atoms with Gasteiger partial charge in [-0.1, -0.05) is 17.7 Å². The number of hydrogen-bond donors (Lipinski definition) is 2. The smallest absolute Gasteiger partial charge is 0.303 e. The minimum Gasteiger partial charge on any atom is -0.481 e. The number of Topliss-reactive ketones (excluding diaryl/α,β-unsaturated/α-hetero) is 1. The third-order valence-corrected chi connectivity index (χ3v) is 3.83. The van der Waals surface area contributed by atoms with Crippen LogP contribution in [-0.4, -0.2) is 31.8 Å². The molecule has 0 bridgehead atoms. The number of aryl methyl sites for hydroxylation is 1. The first-order chi connectivity index (χ1) is 8.81. The largest absolute Gasteiger partial charge is 0.481 e. The zero-order valence-electron chi connectivity index (χ0n) is 10.4. The molecule has 0 aliphatic heterocycles. The number of ketones is 1. The molecule has 2 N–H and O–H groups in total. The van der Waals surface area contributed by atoms with E-state index in [9.17, 15) is 18.0 Å². The van der Waals surface area contributed by atoms with Crippen molar-refractivity contribution < 1.29 is 23.1 Å². The molecule has 1 aromatic carbocycles. The Kier molecular flexibility index (Phi) is 5.20. The summed E-state index contributed by atoms with van der Waals surface area (Å²) < 4.78 is 25.8. The first kappa shape index (κ1) is 15.3. The predicted octanol–water partition coefficient (Wildman–Crippen LogP) is 0.707. The molecule has 0 spiro atoms. The summed E-state index contributed by atoms with van der Waals surface area (Å²) in [6.45, 7) is 1.43. The first-order valence-corrected chi connectivity index (χ1v) is 7.09. The van der Waals surface area contributed by atoms with Crippen molar-refractivity contribution in [1.82, 2.24) is 4.72 Å². The van der Waals surface area contributed by atoms with E-state index >= 15 is 0 Å². The lowest BCUT2D eigenvalue weighted by Crippen LogP contribution is -2.29. The topological polar surface area (TPSA) is 101 Å². The van der Waals surface area contributed by atoms with Crippen molar-refractivity contribution in [3.05, 3.63) is 29.8 Å². The first-order valence-electron chi connectivity index (χ1n) is 5.61. The fraction of sp³-hybridized carbons (Fsp3) is 0.333. The average Bonchev–Trinajstić information content (AvgIpc) is 2.34. The zero-order chi connectivity index (χ0) is 14.5. The Hall–Kier alpha value is -1.73. The third kappa shape index (κ3) is 5.19. The van der Waals surface area contributed by atoms with Gasteiger partial charge in [0, 0.05) is 6.42 Å². The van der Waals surface area contributed by atoms with E-state index in [0.717, 1.165) is 5.56 Å². The molecule has 104 valence electrons. The summed E-state index contributed by atoms with van der Waals surface area (Å²) in [6.07, 6.45) is -0.489. The molecule has 0 fully saturated rings. The molecule has 0 unspecified atom stereocenters. The second-order valence-corrected chi connectivity index (χ2v) is 5.84. The van der Waals surface area contributed by atoms with Gasteiger partial charge in [0.05, 0.1) is 17.9 Å². The lowest BCUT2D eigenvalue weighted by molar-refractivity contribution is -0.138. The number of hydrogen-bond acceptors (Lipinski definition) is 4. The van der Waals surface area contributed by atoms with Crippen LogP contribution in [0.5, 0.6) is 0 Å². The van der Waals surface area contributed by atoms with Gasteiger partial charge >= 0.3 is 5.97 Å².